The second-order valence-corrected chi connectivity index (χ2v) is 4.71. The first kappa shape index (κ1) is 11.9. The number of hydrogen-bond donors (Lipinski definition) is 2. The molecular formula is C15H13ClN2O. The summed E-state index contributed by atoms with van der Waals surface area (Å²) in [5, 5.41) is 1.69. The van der Waals surface area contributed by atoms with E-state index in [2.05, 4.69) is 4.98 Å². The minimum absolute atomic E-state index is 0.452. The Balaban J connectivity index is 1.87. The highest BCUT2D eigenvalue weighted by molar-refractivity contribution is 6.32. The van der Waals surface area contributed by atoms with Crippen molar-refractivity contribution in [3.63, 3.8) is 0 Å². The number of aromatic nitrogens is 1. The van der Waals surface area contributed by atoms with Crippen LogP contribution in [0.25, 0.3) is 10.9 Å². The Morgan fingerprint density at radius 3 is 2.79 bits per heavy atom. The summed E-state index contributed by atoms with van der Waals surface area (Å²) in [4.78, 5) is 3.17. The molecule has 19 heavy (non-hydrogen) atoms. The van der Waals surface area contributed by atoms with E-state index >= 15 is 0 Å². The number of fused-ring (bicyclic) bond motifs is 1. The lowest BCUT2D eigenvalue weighted by Crippen LogP contribution is -1.95. The van der Waals surface area contributed by atoms with Crippen LogP contribution in [0.3, 0.4) is 0 Å². The van der Waals surface area contributed by atoms with Crippen LogP contribution in [0.15, 0.2) is 48.7 Å². The molecule has 0 radical (unpaired) electrons. The van der Waals surface area contributed by atoms with Gasteiger partial charge < -0.3 is 15.5 Å². The molecule has 1 heterocycles. The smallest absolute Gasteiger partial charge is 0.138 e. The first-order valence-electron chi connectivity index (χ1n) is 5.97. The van der Waals surface area contributed by atoms with E-state index in [-0.39, 0.29) is 0 Å². The molecule has 0 bridgehead atoms. The SMILES string of the molecule is Nc1cccc2c(COc3ccccc3Cl)c[nH]c12. The van der Waals surface area contributed by atoms with Crippen molar-refractivity contribution in [1.82, 2.24) is 4.98 Å². The molecule has 96 valence electrons. The van der Waals surface area contributed by atoms with E-state index in [9.17, 15) is 0 Å². The molecule has 3 rings (SSSR count). The van der Waals surface area contributed by atoms with Gasteiger partial charge in [0.1, 0.15) is 12.4 Å². The van der Waals surface area contributed by atoms with Crippen LogP contribution in [0, 0.1) is 0 Å². The van der Waals surface area contributed by atoms with Gasteiger partial charge in [0.05, 0.1) is 16.2 Å². The molecule has 0 aliphatic heterocycles. The number of aromatic amines is 1. The number of hydrogen-bond acceptors (Lipinski definition) is 2. The van der Waals surface area contributed by atoms with Gasteiger partial charge >= 0.3 is 0 Å². The Hall–Kier alpha value is -2.13. The lowest BCUT2D eigenvalue weighted by molar-refractivity contribution is 0.308. The van der Waals surface area contributed by atoms with E-state index in [1.165, 1.54) is 0 Å². The minimum atomic E-state index is 0.452. The second-order valence-electron chi connectivity index (χ2n) is 4.30. The predicted molar refractivity (Wildman–Crippen MR) is 78.5 cm³/mol. The van der Waals surface area contributed by atoms with E-state index < -0.39 is 0 Å². The zero-order valence-corrected chi connectivity index (χ0v) is 10.9. The third-order valence-corrected chi connectivity index (χ3v) is 3.37. The number of nitrogen functional groups attached to an aromatic ring is 1. The fourth-order valence-corrected chi connectivity index (χ4v) is 2.26. The third-order valence-electron chi connectivity index (χ3n) is 3.05. The van der Waals surface area contributed by atoms with E-state index in [1.807, 2.05) is 48.7 Å². The van der Waals surface area contributed by atoms with Crippen molar-refractivity contribution in [3.05, 3.63) is 59.2 Å². The van der Waals surface area contributed by atoms with Crippen molar-refractivity contribution in [3.8, 4) is 5.75 Å². The van der Waals surface area contributed by atoms with Gasteiger partial charge in [-0.2, -0.15) is 0 Å². The van der Waals surface area contributed by atoms with Gasteiger partial charge in [-0.25, -0.2) is 0 Å². The average molecular weight is 273 g/mol. The summed E-state index contributed by atoms with van der Waals surface area (Å²) in [6.45, 7) is 0.452. The average Bonchev–Trinajstić information content (AvgIpc) is 2.83. The van der Waals surface area contributed by atoms with Crippen LogP contribution in [0.1, 0.15) is 5.56 Å². The summed E-state index contributed by atoms with van der Waals surface area (Å²) >= 11 is 6.06. The summed E-state index contributed by atoms with van der Waals surface area (Å²) in [5.41, 5.74) is 8.65. The van der Waals surface area contributed by atoms with E-state index in [1.54, 1.807) is 0 Å². The van der Waals surface area contributed by atoms with Gasteiger partial charge in [-0.3, -0.25) is 0 Å². The normalized spacial score (nSPS) is 10.8. The van der Waals surface area contributed by atoms with Gasteiger partial charge in [0, 0.05) is 17.1 Å². The van der Waals surface area contributed by atoms with Gasteiger partial charge in [0.15, 0.2) is 0 Å². The molecule has 3 N–H and O–H groups in total. The summed E-state index contributed by atoms with van der Waals surface area (Å²) in [6.07, 6.45) is 1.91. The van der Waals surface area contributed by atoms with E-state index in [4.69, 9.17) is 22.1 Å². The fraction of sp³-hybridized carbons (Fsp3) is 0.0667. The highest BCUT2D eigenvalue weighted by atomic mass is 35.5. The van der Waals surface area contributed by atoms with Crippen LogP contribution in [0.2, 0.25) is 5.02 Å². The van der Waals surface area contributed by atoms with Gasteiger partial charge in [0.2, 0.25) is 0 Å². The van der Waals surface area contributed by atoms with E-state index in [0.29, 0.717) is 17.4 Å². The molecule has 0 unspecified atom stereocenters. The number of ether oxygens (including phenoxy) is 1. The third kappa shape index (κ3) is 2.25. The molecule has 0 saturated carbocycles. The Morgan fingerprint density at radius 1 is 1.11 bits per heavy atom. The number of benzene rings is 2. The second kappa shape index (κ2) is 4.86. The number of nitrogens with one attached hydrogen (secondary N) is 1. The monoisotopic (exact) mass is 272 g/mol. The topological polar surface area (TPSA) is 51.0 Å². The number of para-hydroxylation sites is 2. The molecule has 0 saturated heterocycles. The molecule has 4 heteroatoms. The summed E-state index contributed by atoms with van der Waals surface area (Å²) in [5.74, 6) is 0.683. The van der Waals surface area contributed by atoms with Crippen molar-refractivity contribution in [2.24, 2.45) is 0 Å². The van der Waals surface area contributed by atoms with Gasteiger partial charge in [-0.05, 0) is 18.2 Å². The Kier molecular flexibility index (Phi) is 3.05. The maximum atomic E-state index is 6.06. The number of halogens is 1. The highest BCUT2D eigenvalue weighted by Gasteiger charge is 2.07. The van der Waals surface area contributed by atoms with Crippen LogP contribution < -0.4 is 10.5 Å². The minimum Gasteiger partial charge on any atom is -0.487 e. The zero-order chi connectivity index (χ0) is 13.2. The first-order chi connectivity index (χ1) is 9.25. The number of H-pyrrole nitrogens is 1. The fourth-order valence-electron chi connectivity index (χ4n) is 2.07. The molecule has 0 aliphatic carbocycles. The quantitative estimate of drug-likeness (QED) is 0.709. The van der Waals surface area contributed by atoms with Crippen molar-refractivity contribution in [1.29, 1.82) is 0 Å². The van der Waals surface area contributed by atoms with Crippen molar-refractivity contribution in [2.45, 2.75) is 6.61 Å². The van der Waals surface area contributed by atoms with Crippen LogP contribution in [0.4, 0.5) is 5.69 Å². The van der Waals surface area contributed by atoms with Crippen molar-refractivity contribution >= 4 is 28.2 Å². The molecule has 2 aromatic carbocycles. The molecule has 1 aromatic heterocycles. The maximum Gasteiger partial charge on any atom is 0.138 e. The standard InChI is InChI=1S/C15H13ClN2O/c16-12-5-1-2-7-14(12)19-9-10-8-18-15-11(10)4-3-6-13(15)17/h1-8,18H,9,17H2. The van der Waals surface area contributed by atoms with Crippen LogP contribution in [0.5, 0.6) is 5.75 Å². The molecular weight excluding hydrogens is 260 g/mol. The molecule has 3 nitrogen and oxygen atoms in total. The highest BCUT2D eigenvalue weighted by Crippen LogP contribution is 2.27. The molecule has 0 aliphatic rings. The Bertz CT molecular complexity index is 721. The lowest BCUT2D eigenvalue weighted by Gasteiger charge is -2.07. The molecule has 0 fully saturated rings. The molecule has 0 atom stereocenters. The van der Waals surface area contributed by atoms with Crippen molar-refractivity contribution < 1.29 is 4.74 Å². The zero-order valence-electron chi connectivity index (χ0n) is 10.2. The first-order valence-corrected chi connectivity index (χ1v) is 6.35. The summed E-state index contributed by atoms with van der Waals surface area (Å²) in [7, 11) is 0. The van der Waals surface area contributed by atoms with Gasteiger partial charge in [0.25, 0.3) is 0 Å². The molecule has 0 spiro atoms. The molecule has 0 amide bonds. The Labute approximate surface area is 116 Å². The van der Waals surface area contributed by atoms with Crippen LogP contribution >= 0.6 is 11.6 Å². The molecule has 3 aromatic rings. The van der Waals surface area contributed by atoms with Gasteiger partial charge in [-0.15, -0.1) is 0 Å². The maximum absolute atomic E-state index is 6.06. The largest absolute Gasteiger partial charge is 0.487 e. The van der Waals surface area contributed by atoms with Crippen LogP contribution in [-0.2, 0) is 6.61 Å². The number of nitrogens with two attached hydrogens (primary N) is 1. The lowest BCUT2D eigenvalue weighted by atomic mass is 10.1. The summed E-state index contributed by atoms with van der Waals surface area (Å²) < 4.78 is 5.74. The number of rotatable bonds is 3. The Morgan fingerprint density at radius 2 is 1.95 bits per heavy atom. The predicted octanol–water partition coefficient (Wildman–Crippen LogP) is 3.98. The van der Waals surface area contributed by atoms with Crippen LogP contribution in [-0.4, -0.2) is 4.98 Å². The number of anilines is 1. The van der Waals surface area contributed by atoms with E-state index in [0.717, 1.165) is 22.2 Å². The van der Waals surface area contributed by atoms with Gasteiger partial charge in [-0.1, -0.05) is 35.9 Å². The van der Waals surface area contributed by atoms with Crippen molar-refractivity contribution in [2.75, 3.05) is 5.73 Å². The summed E-state index contributed by atoms with van der Waals surface area (Å²) in [6, 6.07) is 13.3.